The van der Waals surface area contributed by atoms with Gasteiger partial charge in [-0.25, -0.2) is 13.1 Å². The Kier molecular flexibility index (Phi) is 6.17. The first kappa shape index (κ1) is 19.7. The molecule has 2 aromatic rings. The summed E-state index contributed by atoms with van der Waals surface area (Å²) in [5.74, 6) is -0.780. The van der Waals surface area contributed by atoms with Gasteiger partial charge in [-0.3, -0.25) is 9.59 Å². The standard InChI is InChI=1S/C17H21N3O5S/c1-11(2)19-15(21)10-12-4-6-13(7-5-12)20-17(22)14-8-9-16(25-14)26(23,24)18-3/h4-9,11,18H,10H2,1-3H3,(H,19,21)(H,20,22). The fourth-order valence-corrected chi connectivity index (χ4v) is 2.79. The molecule has 1 aromatic carbocycles. The van der Waals surface area contributed by atoms with Crippen LogP contribution in [0.1, 0.15) is 30.0 Å². The summed E-state index contributed by atoms with van der Waals surface area (Å²) in [4.78, 5) is 23.9. The number of carbonyl (C=O) groups is 2. The van der Waals surface area contributed by atoms with Crippen LogP contribution in [-0.2, 0) is 21.2 Å². The highest BCUT2D eigenvalue weighted by Crippen LogP contribution is 2.16. The molecule has 0 aliphatic rings. The first-order valence-corrected chi connectivity index (χ1v) is 9.42. The Hall–Kier alpha value is -2.65. The molecule has 140 valence electrons. The summed E-state index contributed by atoms with van der Waals surface area (Å²) in [6.07, 6.45) is 0.246. The Morgan fingerprint density at radius 3 is 2.31 bits per heavy atom. The van der Waals surface area contributed by atoms with Crippen LogP contribution in [0.4, 0.5) is 5.69 Å². The normalized spacial score (nSPS) is 11.4. The predicted molar refractivity (Wildman–Crippen MR) is 96.3 cm³/mol. The minimum Gasteiger partial charge on any atom is -0.438 e. The maximum Gasteiger partial charge on any atom is 0.291 e. The van der Waals surface area contributed by atoms with E-state index in [1.165, 1.54) is 19.2 Å². The Labute approximate surface area is 152 Å². The van der Waals surface area contributed by atoms with Crippen molar-refractivity contribution in [2.75, 3.05) is 12.4 Å². The van der Waals surface area contributed by atoms with Gasteiger partial charge in [0.05, 0.1) is 6.42 Å². The number of hydrogen-bond acceptors (Lipinski definition) is 5. The van der Waals surface area contributed by atoms with Crippen molar-refractivity contribution >= 4 is 27.5 Å². The van der Waals surface area contributed by atoms with Crippen LogP contribution < -0.4 is 15.4 Å². The number of amides is 2. The zero-order valence-electron chi connectivity index (χ0n) is 14.7. The fourth-order valence-electron chi connectivity index (χ4n) is 2.14. The molecule has 0 spiro atoms. The highest BCUT2D eigenvalue weighted by Gasteiger charge is 2.19. The molecule has 0 saturated heterocycles. The molecule has 3 N–H and O–H groups in total. The van der Waals surface area contributed by atoms with E-state index >= 15 is 0 Å². The van der Waals surface area contributed by atoms with Gasteiger partial charge in [0.25, 0.3) is 15.9 Å². The van der Waals surface area contributed by atoms with Crippen LogP contribution in [-0.4, -0.2) is 33.3 Å². The topological polar surface area (TPSA) is 118 Å². The van der Waals surface area contributed by atoms with Gasteiger partial charge in [-0.15, -0.1) is 0 Å². The van der Waals surface area contributed by atoms with E-state index < -0.39 is 15.9 Å². The molecule has 0 aliphatic heterocycles. The number of nitrogens with one attached hydrogen (secondary N) is 3. The maximum absolute atomic E-state index is 12.1. The number of benzene rings is 1. The fraction of sp³-hybridized carbons (Fsp3) is 0.294. The number of anilines is 1. The average molecular weight is 379 g/mol. The van der Waals surface area contributed by atoms with E-state index in [1.807, 2.05) is 13.8 Å². The van der Waals surface area contributed by atoms with Gasteiger partial charge in [0, 0.05) is 11.7 Å². The third-order valence-electron chi connectivity index (χ3n) is 3.36. The Morgan fingerprint density at radius 2 is 1.73 bits per heavy atom. The number of furan rings is 1. The average Bonchev–Trinajstić information content (AvgIpc) is 3.07. The van der Waals surface area contributed by atoms with Crippen molar-refractivity contribution in [1.29, 1.82) is 0 Å². The van der Waals surface area contributed by atoms with Crippen LogP contribution in [0.15, 0.2) is 45.9 Å². The van der Waals surface area contributed by atoms with E-state index in [1.54, 1.807) is 24.3 Å². The molecule has 0 aliphatic carbocycles. The Balaban J connectivity index is 2.00. The molecule has 2 rings (SSSR count). The molecule has 0 saturated carbocycles. The summed E-state index contributed by atoms with van der Waals surface area (Å²) in [5, 5.41) is 5.07. The lowest BCUT2D eigenvalue weighted by atomic mass is 10.1. The number of sulfonamides is 1. The monoisotopic (exact) mass is 379 g/mol. The van der Waals surface area contributed by atoms with E-state index in [-0.39, 0.29) is 29.2 Å². The minimum atomic E-state index is -3.74. The molecule has 1 aromatic heterocycles. The molecule has 0 fully saturated rings. The Morgan fingerprint density at radius 1 is 1.08 bits per heavy atom. The first-order valence-electron chi connectivity index (χ1n) is 7.94. The zero-order chi connectivity index (χ0) is 19.3. The number of hydrogen-bond donors (Lipinski definition) is 3. The van der Waals surface area contributed by atoms with Gasteiger partial charge in [0.1, 0.15) is 0 Å². The maximum atomic E-state index is 12.1. The second-order valence-electron chi connectivity index (χ2n) is 5.88. The van der Waals surface area contributed by atoms with Crippen molar-refractivity contribution in [2.24, 2.45) is 0 Å². The summed E-state index contributed by atoms with van der Waals surface area (Å²) in [5.41, 5.74) is 1.30. The van der Waals surface area contributed by atoms with Crippen LogP contribution in [0.3, 0.4) is 0 Å². The summed E-state index contributed by atoms with van der Waals surface area (Å²) in [6.45, 7) is 3.77. The number of rotatable bonds is 7. The molecule has 0 bridgehead atoms. The van der Waals surface area contributed by atoms with Gasteiger partial charge < -0.3 is 15.1 Å². The summed E-state index contributed by atoms with van der Waals surface area (Å²) < 4.78 is 30.4. The van der Waals surface area contributed by atoms with Crippen molar-refractivity contribution in [3.05, 3.63) is 47.7 Å². The lowest BCUT2D eigenvalue weighted by molar-refractivity contribution is -0.120. The summed E-state index contributed by atoms with van der Waals surface area (Å²) in [7, 11) is -2.49. The third-order valence-corrected chi connectivity index (χ3v) is 4.65. The van der Waals surface area contributed by atoms with Crippen LogP contribution in [0.5, 0.6) is 0 Å². The molecule has 0 unspecified atom stereocenters. The van der Waals surface area contributed by atoms with Crippen LogP contribution >= 0.6 is 0 Å². The molecule has 0 atom stereocenters. The van der Waals surface area contributed by atoms with Gasteiger partial charge >= 0.3 is 0 Å². The van der Waals surface area contributed by atoms with Crippen LogP contribution in [0, 0.1) is 0 Å². The highest BCUT2D eigenvalue weighted by atomic mass is 32.2. The Bertz CT molecular complexity index is 885. The van der Waals surface area contributed by atoms with Crippen LogP contribution in [0.2, 0.25) is 0 Å². The molecule has 2 amide bonds. The summed E-state index contributed by atoms with van der Waals surface area (Å²) >= 11 is 0. The van der Waals surface area contributed by atoms with E-state index in [9.17, 15) is 18.0 Å². The largest absolute Gasteiger partial charge is 0.438 e. The van der Waals surface area contributed by atoms with Crippen molar-refractivity contribution in [3.8, 4) is 0 Å². The molecule has 0 radical (unpaired) electrons. The lowest BCUT2D eigenvalue weighted by Gasteiger charge is -2.09. The van der Waals surface area contributed by atoms with Gasteiger partial charge in [0.15, 0.2) is 5.76 Å². The SMILES string of the molecule is CNS(=O)(=O)c1ccc(C(=O)Nc2ccc(CC(=O)NC(C)C)cc2)o1. The van der Waals surface area contributed by atoms with E-state index in [0.29, 0.717) is 5.69 Å². The van der Waals surface area contributed by atoms with Crippen molar-refractivity contribution in [2.45, 2.75) is 31.4 Å². The van der Waals surface area contributed by atoms with Gasteiger partial charge in [-0.05, 0) is 50.7 Å². The third kappa shape index (κ3) is 5.17. The predicted octanol–water partition coefficient (Wildman–Crippen LogP) is 1.51. The van der Waals surface area contributed by atoms with E-state index in [4.69, 9.17) is 4.42 Å². The van der Waals surface area contributed by atoms with Gasteiger partial charge in [-0.2, -0.15) is 0 Å². The molecule has 8 nitrogen and oxygen atoms in total. The second kappa shape index (κ2) is 8.15. The van der Waals surface area contributed by atoms with Gasteiger partial charge in [0.2, 0.25) is 11.0 Å². The lowest BCUT2D eigenvalue weighted by Crippen LogP contribution is -2.31. The van der Waals surface area contributed by atoms with Crippen molar-refractivity contribution in [1.82, 2.24) is 10.0 Å². The smallest absolute Gasteiger partial charge is 0.291 e. The second-order valence-corrected chi connectivity index (χ2v) is 7.69. The summed E-state index contributed by atoms with van der Waals surface area (Å²) in [6, 6.07) is 9.34. The minimum absolute atomic E-state index is 0.0750. The number of carbonyl (C=O) groups excluding carboxylic acids is 2. The molecular formula is C17H21N3O5S. The van der Waals surface area contributed by atoms with Crippen molar-refractivity contribution in [3.63, 3.8) is 0 Å². The molecule has 9 heteroatoms. The van der Waals surface area contributed by atoms with Crippen LogP contribution in [0.25, 0.3) is 0 Å². The van der Waals surface area contributed by atoms with Gasteiger partial charge in [-0.1, -0.05) is 12.1 Å². The van der Waals surface area contributed by atoms with Crippen molar-refractivity contribution < 1.29 is 22.4 Å². The zero-order valence-corrected chi connectivity index (χ0v) is 15.5. The van der Waals surface area contributed by atoms with E-state index in [0.717, 1.165) is 5.56 Å². The molecule has 1 heterocycles. The first-order chi connectivity index (χ1) is 12.2. The molecular weight excluding hydrogens is 358 g/mol. The molecule has 26 heavy (non-hydrogen) atoms. The highest BCUT2D eigenvalue weighted by molar-refractivity contribution is 7.89. The quantitative estimate of drug-likeness (QED) is 0.674. The van der Waals surface area contributed by atoms with E-state index in [2.05, 4.69) is 15.4 Å².